The van der Waals surface area contributed by atoms with E-state index in [1.807, 2.05) is 0 Å². The second-order valence-electron chi connectivity index (χ2n) is 1.40. The van der Waals surface area contributed by atoms with E-state index in [-0.39, 0.29) is 0 Å². The lowest BCUT2D eigenvalue weighted by Crippen LogP contribution is -2.20. The predicted octanol–water partition coefficient (Wildman–Crippen LogP) is 0.768. The van der Waals surface area contributed by atoms with Crippen molar-refractivity contribution in [2.45, 2.75) is 0 Å². The van der Waals surface area contributed by atoms with Crippen molar-refractivity contribution in [1.29, 1.82) is 0 Å². The van der Waals surface area contributed by atoms with Crippen LogP contribution in [0.2, 0.25) is 0 Å². The predicted molar refractivity (Wildman–Crippen MR) is 58.8 cm³/mol. The molecule has 6 heteroatoms. The Morgan fingerprint density at radius 1 is 1.60 bits per heavy atom. The van der Waals surface area contributed by atoms with E-state index < -0.39 is 0 Å². The van der Waals surface area contributed by atoms with Crippen LogP contribution in [0.3, 0.4) is 0 Å². The number of thiol groups is 1. The Kier molecular flexibility index (Phi) is 6.50. The Labute approximate surface area is 80.7 Å². The zero-order chi connectivity index (χ0) is 7.98. The Balaban J connectivity index is 3.06. The molecule has 3 N–H and O–H groups in total. The molecule has 0 saturated heterocycles. The summed E-state index contributed by atoms with van der Waals surface area (Å²) in [6.07, 6.45) is 0. The summed E-state index contributed by atoms with van der Waals surface area (Å²) in [4.78, 5) is 0. The fourth-order valence-corrected chi connectivity index (χ4v) is 1.18. The monoisotopic (exact) mass is 212 g/mol. The molecule has 0 radical (unpaired) electrons. The quantitative estimate of drug-likeness (QED) is 0.366. The van der Waals surface area contributed by atoms with Gasteiger partial charge in [-0.1, -0.05) is 36.2 Å². The number of thiocarbonyl (C=S) groups is 2. The van der Waals surface area contributed by atoms with E-state index in [1.54, 1.807) is 0 Å². The van der Waals surface area contributed by atoms with E-state index in [9.17, 15) is 0 Å². The van der Waals surface area contributed by atoms with Crippen molar-refractivity contribution in [3.63, 3.8) is 0 Å². The van der Waals surface area contributed by atoms with Crippen LogP contribution < -0.4 is 11.1 Å². The van der Waals surface area contributed by atoms with Gasteiger partial charge in [0.2, 0.25) is 0 Å². The Morgan fingerprint density at radius 3 is 2.60 bits per heavy atom. The minimum absolute atomic E-state index is 0.465. The Hall–Kier alpha value is 0.480. The first-order chi connectivity index (χ1) is 4.63. The third kappa shape index (κ3) is 8.48. The maximum Gasteiger partial charge on any atom is 0.131 e. The minimum atomic E-state index is 0.465. The van der Waals surface area contributed by atoms with Gasteiger partial charge in [-0.05, 0) is 0 Å². The number of hydrogen-bond acceptors (Lipinski definition) is 3. The zero-order valence-corrected chi connectivity index (χ0v) is 8.51. The largest absolute Gasteiger partial charge is 0.385 e. The van der Waals surface area contributed by atoms with Gasteiger partial charge in [-0.15, -0.1) is 12.6 Å². The van der Waals surface area contributed by atoms with Gasteiger partial charge in [-0.25, -0.2) is 0 Å². The summed E-state index contributed by atoms with van der Waals surface area (Å²) in [5.41, 5.74) is 5.22. The highest BCUT2D eigenvalue weighted by Crippen LogP contribution is 1.96. The standard InChI is InChI=1S/C4H8N2S4/c5-3(7)10-2-1-6-4(8)9/h1-2H2,(H2,5,7)(H2,6,8,9). The molecule has 0 heterocycles. The Bertz CT molecular complexity index is 119. The molecule has 0 aromatic rings. The molecule has 0 unspecified atom stereocenters. The van der Waals surface area contributed by atoms with Crippen molar-refractivity contribution in [3.8, 4) is 0 Å². The highest BCUT2D eigenvalue weighted by Gasteiger charge is 1.90. The van der Waals surface area contributed by atoms with Crippen LogP contribution in [0.4, 0.5) is 0 Å². The summed E-state index contributed by atoms with van der Waals surface area (Å²) in [5, 5.41) is 2.86. The van der Waals surface area contributed by atoms with E-state index in [0.717, 1.165) is 12.3 Å². The second kappa shape index (κ2) is 6.21. The lowest BCUT2D eigenvalue weighted by Gasteiger charge is -2.00. The van der Waals surface area contributed by atoms with E-state index in [2.05, 4.69) is 42.4 Å². The second-order valence-corrected chi connectivity index (χ2v) is 4.39. The highest BCUT2D eigenvalue weighted by molar-refractivity contribution is 8.22. The summed E-state index contributed by atoms with van der Waals surface area (Å²) in [5.74, 6) is 0.829. The number of rotatable bonds is 3. The van der Waals surface area contributed by atoms with Crippen molar-refractivity contribution >= 4 is 57.5 Å². The molecule has 10 heavy (non-hydrogen) atoms. The first kappa shape index (κ1) is 10.5. The van der Waals surface area contributed by atoms with E-state index in [0.29, 0.717) is 8.64 Å². The van der Waals surface area contributed by atoms with E-state index >= 15 is 0 Å². The van der Waals surface area contributed by atoms with Crippen LogP contribution in [0.5, 0.6) is 0 Å². The fraction of sp³-hybridized carbons (Fsp3) is 0.500. The average Bonchev–Trinajstić information content (AvgIpc) is 1.79. The molecule has 58 valence electrons. The van der Waals surface area contributed by atoms with Gasteiger partial charge in [0.05, 0.1) is 0 Å². The molecular weight excluding hydrogens is 204 g/mol. The SMILES string of the molecule is NC(=S)SCCNC(=S)S. The summed E-state index contributed by atoms with van der Waals surface area (Å²) in [7, 11) is 0. The van der Waals surface area contributed by atoms with Crippen molar-refractivity contribution in [1.82, 2.24) is 5.32 Å². The minimum Gasteiger partial charge on any atom is -0.385 e. The molecule has 0 aliphatic heterocycles. The van der Waals surface area contributed by atoms with Crippen LogP contribution in [0.15, 0.2) is 0 Å². The molecule has 0 aromatic heterocycles. The third-order valence-electron chi connectivity index (χ3n) is 0.623. The third-order valence-corrected chi connectivity index (χ3v) is 1.97. The zero-order valence-electron chi connectivity index (χ0n) is 5.16. The van der Waals surface area contributed by atoms with Crippen molar-refractivity contribution in [3.05, 3.63) is 0 Å². The van der Waals surface area contributed by atoms with E-state index in [4.69, 9.17) is 5.73 Å². The number of nitrogens with two attached hydrogens (primary N) is 1. The topological polar surface area (TPSA) is 38.0 Å². The van der Waals surface area contributed by atoms with Gasteiger partial charge in [0.1, 0.15) is 8.64 Å². The number of hydrogen-bond donors (Lipinski definition) is 3. The molecule has 0 amide bonds. The molecule has 0 aliphatic rings. The highest BCUT2D eigenvalue weighted by atomic mass is 32.2. The molecule has 0 aromatic carbocycles. The fourth-order valence-electron chi connectivity index (χ4n) is 0.310. The summed E-state index contributed by atoms with van der Waals surface area (Å²) in [6, 6.07) is 0. The molecule has 0 spiro atoms. The van der Waals surface area contributed by atoms with Crippen molar-refractivity contribution in [2.24, 2.45) is 5.73 Å². The van der Waals surface area contributed by atoms with Gasteiger partial charge < -0.3 is 11.1 Å². The van der Waals surface area contributed by atoms with E-state index in [1.165, 1.54) is 11.8 Å². The average molecular weight is 212 g/mol. The molecule has 2 nitrogen and oxygen atoms in total. The van der Waals surface area contributed by atoms with Crippen LogP contribution in [0, 0.1) is 0 Å². The van der Waals surface area contributed by atoms with Gasteiger partial charge in [0, 0.05) is 12.3 Å². The van der Waals surface area contributed by atoms with Crippen molar-refractivity contribution < 1.29 is 0 Å². The molecule has 0 rings (SSSR count). The molecule has 0 fully saturated rings. The maximum atomic E-state index is 5.22. The summed E-state index contributed by atoms with van der Waals surface area (Å²) in [6.45, 7) is 0.754. The first-order valence-electron chi connectivity index (χ1n) is 2.52. The van der Waals surface area contributed by atoms with Gasteiger partial charge in [-0.3, -0.25) is 0 Å². The van der Waals surface area contributed by atoms with Crippen LogP contribution in [0.1, 0.15) is 0 Å². The Morgan fingerprint density at radius 2 is 2.20 bits per heavy atom. The van der Waals surface area contributed by atoms with Gasteiger partial charge in [-0.2, -0.15) is 0 Å². The lowest BCUT2D eigenvalue weighted by molar-refractivity contribution is 1.01. The van der Waals surface area contributed by atoms with Crippen molar-refractivity contribution in [2.75, 3.05) is 12.3 Å². The van der Waals surface area contributed by atoms with Crippen LogP contribution in [-0.2, 0) is 0 Å². The smallest absolute Gasteiger partial charge is 0.131 e. The van der Waals surface area contributed by atoms with Gasteiger partial charge >= 0.3 is 0 Å². The van der Waals surface area contributed by atoms with Crippen LogP contribution in [-0.4, -0.2) is 20.9 Å². The molecule has 0 atom stereocenters. The lowest BCUT2D eigenvalue weighted by atomic mass is 10.8. The normalized spacial score (nSPS) is 8.90. The first-order valence-corrected chi connectivity index (χ1v) is 4.77. The molecule has 0 bridgehead atoms. The van der Waals surface area contributed by atoms with Crippen LogP contribution in [0.25, 0.3) is 0 Å². The van der Waals surface area contributed by atoms with Gasteiger partial charge in [0.15, 0.2) is 0 Å². The maximum absolute atomic E-state index is 5.22. The summed E-state index contributed by atoms with van der Waals surface area (Å²) >= 11 is 14.6. The number of nitrogens with one attached hydrogen (secondary N) is 1. The molecule has 0 aliphatic carbocycles. The van der Waals surface area contributed by atoms with Gasteiger partial charge in [0.25, 0.3) is 0 Å². The molecular formula is C4H8N2S4. The summed E-state index contributed by atoms with van der Waals surface area (Å²) < 4.78 is 0.968. The number of thioether (sulfide) groups is 1. The van der Waals surface area contributed by atoms with Crippen LogP contribution >= 0.6 is 48.8 Å². The molecule has 0 saturated carbocycles.